The maximum absolute atomic E-state index is 12.2. The summed E-state index contributed by atoms with van der Waals surface area (Å²) in [5.41, 5.74) is 0.616. The number of carbonyl (C=O) groups is 1. The van der Waals surface area contributed by atoms with Crippen LogP contribution in [0.1, 0.15) is 16.1 Å². The topological polar surface area (TPSA) is 58.4 Å². The zero-order valence-corrected chi connectivity index (χ0v) is 10.5. The van der Waals surface area contributed by atoms with E-state index in [2.05, 4.69) is 10.3 Å². The van der Waals surface area contributed by atoms with E-state index in [0.717, 1.165) is 26.2 Å². The van der Waals surface area contributed by atoms with Crippen molar-refractivity contribution in [3.8, 4) is 0 Å². The van der Waals surface area contributed by atoms with E-state index >= 15 is 0 Å². The molecule has 5 heteroatoms. The predicted octanol–water partition coefficient (Wildman–Crippen LogP) is 1.32. The Hall–Kier alpha value is -2.14. The third-order valence-electron chi connectivity index (χ3n) is 3.14. The van der Waals surface area contributed by atoms with Gasteiger partial charge in [-0.05, 0) is 0 Å². The Morgan fingerprint density at radius 2 is 1.95 bits per heavy atom. The number of nitrogens with one attached hydrogen (secondary N) is 1. The minimum Gasteiger partial charge on any atom is -0.420 e. The van der Waals surface area contributed by atoms with Gasteiger partial charge in [0.25, 0.3) is 6.01 Å². The summed E-state index contributed by atoms with van der Waals surface area (Å²) in [6, 6.07) is 9.62. The fraction of sp³-hybridized carbons (Fsp3) is 0.286. The van der Waals surface area contributed by atoms with Gasteiger partial charge in [0.05, 0.1) is 6.20 Å². The molecule has 1 fully saturated rings. The van der Waals surface area contributed by atoms with Crippen molar-refractivity contribution in [2.24, 2.45) is 0 Å². The smallest absolute Gasteiger partial charge is 0.297 e. The van der Waals surface area contributed by atoms with Gasteiger partial charge in [0.1, 0.15) is 0 Å². The van der Waals surface area contributed by atoms with Crippen LogP contribution in [-0.2, 0) is 0 Å². The Morgan fingerprint density at radius 1 is 1.21 bits per heavy atom. The Kier molecular flexibility index (Phi) is 3.29. The highest BCUT2D eigenvalue weighted by molar-refractivity contribution is 6.07. The Morgan fingerprint density at radius 3 is 2.68 bits per heavy atom. The second kappa shape index (κ2) is 5.24. The van der Waals surface area contributed by atoms with Crippen molar-refractivity contribution in [3.63, 3.8) is 0 Å². The van der Waals surface area contributed by atoms with Gasteiger partial charge in [-0.3, -0.25) is 4.79 Å². The van der Waals surface area contributed by atoms with Crippen LogP contribution in [0.2, 0.25) is 0 Å². The molecule has 1 saturated heterocycles. The molecule has 19 heavy (non-hydrogen) atoms. The summed E-state index contributed by atoms with van der Waals surface area (Å²) < 4.78 is 5.58. The number of ketones is 1. The highest BCUT2D eigenvalue weighted by atomic mass is 16.4. The molecule has 5 nitrogen and oxygen atoms in total. The van der Waals surface area contributed by atoms with E-state index in [0.29, 0.717) is 17.3 Å². The summed E-state index contributed by atoms with van der Waals surface area (Å²) in [4.78, 5) is 18.4. The van der Waals surface area contributed by atoms with E-state index in [1.165, 1.54) is 6.20 Å². The lowest BCUT2D eigenvalue weighted by molar-refractivity contribution is 0.101. The zero-order valence-electron chi connectivity index (χ0n) is 10.5. The van der Waals surface area contributed by atoms with Crippen molar-refractivity contribution < 1.29 is 9.21 Å². The van der Waals surface area contributed by atoms with Crippen LogP contribution in [-0.4, -0.2) is 36.9 Å². The van der Waals surface area contributed by atoms with Crippen LogP contribution < -0.4 is 10.2 Å². The second-order valence-corrected chi connectivity index (χ2v) is 4.44. The molecule has 0 spiro atoms. The third-order valence-corrected chi connectivity index (χ3v) is 3.14. The lowest BCUT2D eigenvalue weighted by Gasteiger charge is -2.25. The molecule has 1 aromatic carbocycles. The van der Waals surface area contributed by atoms with Gasteiger partial charge in [-0.25, -0.2) is 4.98 Å². The Balaban J connectivity index is 1.79. The van der Waals surface area contributed by atoms with E-state index in [-0.39, 0.29) is 5.78 Å². The number of nitrogens with zero attached hydrogens (tertiary/aromatic N) is 2. The highest BCUT2D eigenvalue weighted by Crippen LogP contribution is 2.17. The molecule has 1 aliphatic heterocycles. The van der Waals surface area contributed by atoms with Crippen LogP contribution in [0.4, 0.5) is 6.01 Å². The maximum Gasteiger partial charge on any atom is 0.297 e. The number of rotatable bonds is 3. The van der Waals surface area contributed by atoms with Crippen molar-refractivity contribution >= 4 is 11.8 Å². The minimum atomic E-state index is -0.130. The molecule has 0 atom stereocenters. The lowest BCUT2D eigenvalue weighted by Crippen LogP contribution is -2.43. The number of aromatic nitrogens is 1. The number of carbonyl (C=O) groups excluding carboxylic acids is 1. The summed E-state index contributed by atoms with van der Waals surface area (Å²) in [6.45, 7) is 3.51. The molecule has 0 unspecified atom stereocenters. The third kappa shape index (κ3) is 2.51. The fourth-order valence-electron chi connectivity index (χ4n) is 2.10. The number of hydrogen-bond acceptors (Lipinski definition) is 5. The van der Waals surface area contributed by atoms with Crippen LogP contribution in [0.3, 0.4) is 0 Å². The maximum atomic E-state index is 12.2. The first kappa shape index (κ1) is 11.9. The standard InChI is InChI=1S/C14H15N3O2/c18-13(11-4-2-1-3-5-11)12-10-16-14(19-12)17-8-6-15-7-9-17/h1-5,10,15H,6-9H2. The normalized spacial score (nSPS) is 15.5. The fourth-order valence-corrected chi connectivity index (χ4v) is 2.10. The van der Waals surface area contributed by atoms with Gasteiger partial charge in [-0.1, -0.05) is 30.3 Å². The number of hydrogen-bond donors (Lipinski definition) is 1. The second-order valence-electron chi connectivity index (χ2n) is 4.44. The molecule has 2 aromatic rings. The Bertz CT molecular complexity index is 559. The van der Waals surface area contributed by atoms with E-state index in [9.17, 15) is 4.79 Å². The first-order chi connectivity index (χ1) is 9.34. The molecule has 0 aliphatic carbocycles. The van der Waals surface area contributed by atoms with E-state index in [4.69, 9.17) is 4.42 Å². The van der Waals surface area contributed by atoms with E-state index in [1.54, 1.807) is 12.1 Å². The van der Waals surface area contributed by atoms with Gasteiger partial charge in [-0.2, -0.15) is 0 Å². The average Bonchev–Trinajstić information content (AvgIpc) is 2.98. The molecule has 1 N–H and O–H groups in total. The molecule has 0 amide bonds. The molecule has 0 bridgehead atoms. The molecular formula is C14H15N3O2. The van der Waals surface area contributed by atoms with Gasteiger partial charge in [0.2, 0.25) is 5.78 Å². The van der Waals surface area contributed by atoms with Gasteiger partial charge in [0, 0.05) is 31.7 Å². The van der Waals surface area contributed by atoms with E-state index < -0.39 is 0 Å². The van der Waals surface area contributed by atoms with Crippen LogP contribution in [0, 0.1) is 0 Å². The molecule has 0 saturated carbocycles. The highest BCUT2D eigenvalue weighted by Gasteiger charge is 2.19. The number of anilines is 1. The van der Waals surface area contributed by atoms with Crippen molar-refractivity contribution in [2.45, 2.75) is 0 Å². The molecule has 1 aliphatic rings. The van der Waals surface area contributed by atoms with Crippen molar-refractivity contribution in [2.75, 3.05) is 31.1 Å². The first-order valence-electron chi connectivity index (χ1n) is 6.36. The summed E-state index contributed by atoms with van der Waals surface area (Å²) in [5.74, 6) is 0.161. The molecule has 0 radical (unpaired) electrons. The number of benzene rings is 1. The van der Waals surface area contributed by atoms with Gasteiger partial charge >= 0.3 is 0 Å². The number of oxazole rings is 1. The van der Waals surface area contributed by atoms with Crippen molar-refractivity contribution in [1.82, 2.24) is 10.3 Å². The van der Waals surface area contributed by atoms with Crippen LogP contribution in [0.15, 0.2) is 40.9 Å². The first-order valence-corrected chi connectivity index (χ1v) is 6.36. The minimum absolute atomic E-state index is 0.130. The van der Waals surface area contributed by atoms with Crippen LogP contribution in [0.5, 0.6) is 0 Å². The lowest BCUT2D eigenvalue weighted by atomic mass is 10.1. The average molecular weight is 257 g/mol. The summed E-state index contributed by atoms with van der Waals surface area (Å²) in [5, 5.41) is 3.26. The Labute approximate surface area is 111 Å². The van der Waals surface area contributed by atoms with Crippen LogP contribution >= 0.6 is 0 Å². The van der Waals surface area contributed by atoms with Gasteiger partial charge < -0.3 is 14.6 Å². The summed E-state index contributed by atoms with van der Waals surface area (Å²) in [7, 11) is 0. The van der Waals surface area contributed by atoms with Crippen molar-refractivity contribution in [3.05, 3.63) is 47.9 Å². The van der Waals surface area contributed by atoms with Crippen molar-refractivity contribution in [1.29, 1.82) is 0 Å². The predicted molar refractivity (Wildman–Crippen MR) is 71.5 cm³/mol. The molecular weight excluding hydrogens is 242 g/mol. The SMILES string of the molecule is O=C(c1ccccc1)c1cnc(N2CCNCC2)o1. The summed E-state index contributed by atoms with van der Waals surface area (Å²) >= 11 is 0. The molecule has 1 aromatic heterocycles. The van der Waals surface area contributed by atoms with Crippen LogP contribution in [0.25, 0.3) is 0 Å². The monoisotopic (exact) mass is 257 g/mol. The van der Waals surface area contributed by atoms with Gasteiger partial charge in [-0.15, -0.1) is 0 Å². The largest absolute Gasteiger partial charge is 0.420 e. The molecule has 2 heterocycles. The van der Waals surface area contributed by atoms with E-state index in [1.807, 2.05) is 23.1 Å². The zero-order chi connectivity index (χ0) is 13.1. The number of piperazine rings is 1. The molecule has 3 rings (SSSR count). The molecule has 98 valence electrons. The quantitative estimate of drug-likeness (QED) is 0.840. The van der Waals surface area contributed by atoms with Gasteiger partial charge in [0.15, 0.2) is 5.76 Å². The summed E-state index contributed by atoms with van der Waals surface area (Å²) in [6.07, 6.45) is 1.51.